The molecule has 0 spiro atoms. The summed E-state index contributed by atoms with van der Waals surface area (Å²) in [5.41, 5.74) is 1.99. The van der Waals surface area contributed by atoms with E-state index in [0.717, 1.165) is 11.3 Å². The molecule has 2 rings (SSSR count). The molecule has 0 bridgehead atoms. The van der Waals surface area contributed by atoms with Crippen LogP contribution in [0, 0.1) is 17.7 Å². The monoisotopic (exact) mass is 296 g/mol. The fourth-order valence-corrected chi connectivity index (χ4v) is 1.85. The number of carbonyl (C=O) groups excluding carboxylic acids is 1. The van der Waals surface area contributed by atoms with E-state index in [2.05, 4.69) is 17.2 Å². The van der Waals surface area contributed by atoms with Gasteiger partial charge in [-0.3, -0.25) is 4.79 Å². The molecule has 112 valence electrons. The number of amides is 1. The molecule has 0 saturated heterocycles. The molecule has 0 aliphatic carbocycles. The molecule has 0 saturated carbocycles. The number of nitrogens with one attached hydrogen (secondary N) is 1. The number of benzene rings is 2. The van der Waals surface area contributed by atoms with E-state index in [1.54, 1.807) is 12.1 Å². The van der Waals surface area contributed by atoms with Crippen LogP contribution in [-0.4, -0.2) is 26.5 Å². The molecule has 0 aliphatic rings. The minimum absolute atomic E-state index is 0.0274. The van der Waals surface area contributed by atoms with Crippen LogP contribution in [0.4, 0.5) is 10.1 Å². The van der Waals surface area contributed by atoms with Gasteiger partial charge in [-0.25, -0.2) is 4.39 Å². The van der Waals surface area contributed by atoms with Gasteiger partial charge >= 0.3 is 0 Å². The Morgan fingerprint density at radius 1 is 1.14 bits per heavy atom. The highest BCUT2D eigenvalue weighted by molar-refractivity contribution is 5.94. The fourth-order valence-electron chi connectivity index (χ4n) is 1.85. The van der Waals surface area contributed by atoms with Crippen LogP contribution < -0.4 is 10.2 Å². The Labute approximate surface area is 129 Å². The number of hydrogen-bond donors (Lipinski definition) is 1. The largest absolute Gasteiger partial charge is 0.378 e. The van der Waals surface area contributed by atoms with E-state index >= 15 is 0 Å². The molecule has 1 N–H and O–H groups in total. The summed E-state index contributed by atoms with van der Waals surface area (Å²) in [6.07, 6.45) is 0. The summed E-state index contributed by atoms with van der Waals surface area (Å²) >= 11 is 0. The Kier molecular flexibility index (Phi) is 5.16. The number of halogens is 1. The molecule has 0 heterocycles. The molecular weight excluding hydrogens is 279 g/mol. The number of anilines is 1. The predicted molar refractivity (Wildman–Crippen MR) is 86.4 cm³/mol. The highest BCUT2D eigenvalue weighted by atomic mass is 19.1. The molecule has 22 heavy (non-hydrogen) atoms. The predicted octanol–water partition coefficient (Wildman–Crippen LogP) is 2.67. The minimum Gasteiger partial charge on any atom is -0.378 e. The molecule has 3 nitrogen and oxygen atoms in total. The topological polar surface area (TPSA) is 32.3 Å². The normalized spacial score (nSPS) is 9.59. The highest BCUT2D eigenvalue weighted by Crippen LogP contribution is 2.11. The zero-order chi connectivity index (χ0) is 15.9. The summed E-state index contributed by atoms with van der Waals surface area (Å²) in [5.74, 6) is 4.81. The van der Waals surface area contributed by atoms with Crippen molar-refractivity contribution in [3.8, 4) is 11.8 Å². The Hall–Kier alpha value is -2.80. The lowest BCUT2D eigenvalue weighted by Gasteiger charge is -2.11. The van der Waals surface area contributed by atoms with Gasteiger partial charge in [-0.2, -0.15) is 0 Å². The lowest BCUT2D eigenvalue weighted by atomic mass is 10.2. The van der Waals surface area contributed by atoms with Crippen molar-refractivity contribution in [2.45, 2.75) is 0 Å². The van der Waals surface area contributed by atoms with Crippen LogP contribution in [0.25, 0.3) is 0 Å². The summed E-state index contributed by atoms with van der Waals surface area (Å²) in [7, 11) is 3.94. The van der Waals surface area contributed by atoms with Gasteiger partial charge in [0.25, 0.3) is 5.91 Å². The molecule has 0 fully saturated rings. The van der Waals surface area contributed by atoms with Crippen LogP contribution in [0.2, 0.25) is 0 Å². The number of rotatable bonds is 3. The molecule has 2 aromatic carbocycles. The molecule has 0 unspecified atom stereocenters. The SMILES string of the molecule is CN(C)c1ccc(C#CCNC(=O)c2ccccc2F)cc1. The number of carbonyl (C=O) groups is 1. The van der Waals surface area contributed by atoms with Crippen molar-refractivity contribution < 1.29 is 9.18 Å². The van der Waals surface area contributed by atoms with Gasteiger partial charge in [0.2, 0.25) is 0 Å². The van der Waals surface area contributed by atoms with E-state index in [-0.39, 0.29) is 12.1 Å². The Morgan fingerprint density at radius 2 is 1.82 bits per heavy atom. The van der Waals surface area contributed by atoms with Crippen molar-refractivity contribution in [2.75, 3.05) is 25.5 Å². The molecule has 0 radical (unpaired) electrons. The van der Waals surface area contributed by atoms with Gasteiger partial charge in [-0.05, 0) is 36.4 Å². The van der Waals surface area contributed by atoms with Crippen LogP contribution in [0.5, 0.6) is 0 Å². The van der Waals surface area contributed by atoms with E-state index in [4.69, 9.17) is 0 Å². The summed E-state index contributed by atoms with van der Waals surface area (Å²) in [6.45, 7) is 0.169. The zero-order valence-electron chi connectivity index (χ0n) is 12.6. The van der Waals surface area contributed by atoms with E-state index in [1.807, 2.05) is 43.3 Å². The van der Waals surface area contributed by atoms with Crippen LogP contribution in [-0.2, 0) is 0 Å². The van der Waals surface area contributed by atoms with Gasteiger partial charge in [0.1, 0.15) is 5.82 Å². The molecular formula is C18H17FN2O. The average Bonchev–Trinajstić information content (AvgIpc) is 2.52. The third kappa shape index (κ3) is 4.10. The molecule has 1 amide bonds. The first-order chi connectivity index (χ1) is 10.6. The lowest BCUT2D eigenvalue weighted by Crippen LogP contribution is -2.24. The molecule has 0 aromatic heterocycles. The number of nitrogens with zero attached hydrogens (tertiary/aromatic N) is 1. The highest BCUT2D eigenvalue weighted by Gasteiger charge is 2.08. The molecule has 4 heteroatoms. The van der Waals surface area contributed by atoms with Crippen molar-refractivity contribution in [2.24, 2.45) is 0 Å². The van der Waals surface area contributed by atoms with E-state index in [1.165, 1.54) is 12.1 Å². The van der Waals surface area contributed by atoms with Crippen molar-refractivity contribution >= 4 is 11.6 Å². The van der Waals surface area contributed by atoms with E-state index in [0.29, 0.717) is 0 Å². The maximum Gasteiger partial charge on any atom is 0.255 e. The summed E-state index contributed by atoms with van der Waals surface area (Å²) < 4.78 is 13.4. The van der Waals surface area contributed by atoms with Gasteiger partial charge in [0, 0.05) is 25.3 Å². The van der Waals surface area contributed by atoms with Gasteiger partial charge in [0.15, 0.2) is 0 Å². The molecule has 2 aromatic rings. The van der Waals surface area contributed by atoms with Gasteiger partial charge in [-0.1, -0.05) is 24.0 Å². The zero-order valence-corrected chi connectivity index (χ0v) is 12.6. The summed E-state index contributed by atoms with van der Waals surface area (Å²) in [4.78, 5) is 13.8. The van der Waals surface area contributed by atoms with Crippen molar-refractivity contribution in [3.63, 3.8) is 0 Å². The van der Waals surface area contributed by atoms with Crippen LogP contribution in [0.1, 0.15) is 15.9 Å². The third-order valence-electron chi connectivity index (χ3n) is 3.07. The van der Waals surface area contributed by atoms with Gasteiger partial charge in [0.05, 0.1) is 12.1 Å². The second-order valence-electron chi connectivity index (χ2n) is 4.91. The molecule has 0 aliphatic heterocycles. The first kappa shape index (κ1) is 15.6. The van der Waals surface area contributed by atoms with Crippen molar-refractivity contribution in [1.29, 1.82) is 0 Å². The number of hydrogen-bond acceptors (Lipinski definition) is 2. The first-order valence-corrected chi connectivity index (χ1v) is 6.87. The quantitative estimate of drug-likeness (QED) is 0.883. The summed E-state index contributed by atoms with van der Waals surface area (Å²) in [5, 5.41) is 2.58. The summed E-state index contributed by atoms with van der Waals surface area (Å²) in [6, 6.07) is 13.6. The average molecular weight is 296 g/mol. The third-order valence-corrected chi connectivity index (χ3v) is 3.07. The lowest BCUT2D eigenvalue weighted by molar-refractivity contribution is 0.0954. The maximum atomic E-state index is 13.4. The minimum atomic E-state index is -0.535. The second-order valence-corrected chi connectivity index (χ2v) is 4.91. The van der Waals surface area contributed by atoms with Crippen LogP contribution in [0.15, 0.2) is 48.5 Å². The van der Waals surface area contributed by atoms with Crippen LogP contribution in [0.3, 0.4) is 0 Å². The Morgan fingerprint density at radius 3 is 2.45 bits per heavy atom. The van der Waals surface area contributed by atoms with E-state index in [9.17, 15) is 9.18 Å². The fraction of sp³-hybridized carbons (Fsp3) is 0.167. The van der Waals surface area contributed by atoms with Crippen molar-refractivity contribution in [3.05, 3.63) is 65.5 Å². The second kappa shape index (κ2) is 7.28. The van der Waals surface area contributed by atoms with E-state index < -0.39 is 11.7 Å². The van der Waals surface area contributed by atoms with Crippen molar-refractivity contribution in [1.82, 2.24) is 5.32 Å². The van der Waals surface area contributed by atoms with Gasteiger partial charge < -0.3 is 10.2 Å². The van der Waals surface area contributed by atoms with Gasteiger partial charge in [-0.15, -0.1) is 0 Å². The first-order valence-electron chi connectivity index (χ1n) is 6.87. The maximum absolute atomic E-state index is 13.4. The Bertz CT molecular complexity index is 712. The smallest absolute Gasteiger partial charge is 0.255 e. The molecule has 0 atom stereocenters. The Balaban J connectivity index is 1.92. The van der Waals surface area contributed by atoms with Crippen LogP contribution >= 0.6 is 0 Å². The standard InChI is InChI=1S/C18H17FN2O/c1-21(2)15-11-9-14(10-12-15)6-5-13-20-18(22)16-7-3-4-8-17(16)19/h3-4,7-12H,13H2,1-2H3,(H,20,22).